The van der Waals surface area contributed by atoms with Crippen LogP contribution in [0.3, 0.4) is 0 Å². The molecule has 0 radical (unpaired) electrons. The van der Waals surface area contributed by atoms with E-state index in [0.29, 0.717) is 22.9 Å². The van der Waals surface area contributed by atoms with Gasteiger partial charge < -0.3 is 11.1 Å². The molecule has 2 heterocycles. The summed E-state index contributed by atoms with van der Waals surface area (Å²) < 4.78 is 0.656. The van der Waals surface area contributed by atoms with Crippen molar-refractivity contribution in [3.05, 3.63) is 52.8 Å². The third-order valence-electron chi connectivity index (χ3n) is 2.87. The van der Waals surface area contributed by atoms with Crippen LogP contribution in [0.15, 0.2) is 47.2 Å². The van der Waals surface area contributed by atoms with E-state index in [9.17, 15) is 0 Å². The van der Waals surface area contributed by atoms with E-state index >= 15 is 0 Å². The molecular weight excluding hydrogens is 318 g/mol. The van der Waals surface area contributed by atoms with Crippen LogP contribution >= 0.6 is 15.9 Å². The van der Waals surface area contributed by atoms with Crippen LogP contribution in [0.2, 0.25) is 0 Å². The summed E-state index contributed by atoms with van der Waals surface area (Å²) >= 11 is 3.30. The van der Waals surface area contributed by atoms with Crippen molar-refractivity contribution in [3.8, 4) is 0 Å². The normalized spacial score (nSPS) is 10.7. The summed E-state index contributed by atoms with van der Waals surface area (Å²) in [5, 5.41) is 4.27. The molecule has 5 nitrogen and oxygen atoms in total. The zero-order chi connectivity index (χ0) is 13.9. The third kappa shape index (κ3) is 2.70. The minimum absolute atomic E-state index is 0.422. The van der Waals surface area contributed by atoms with Crippen LogP contribution in [-0.2, 0) is 6.54 Å². The Kier molecular flexibility index (Phi) is 3.47. The van der Waals surface area contributed by atoms with E-state index in [1.54, 1.807) is 12.3 Å². The fraction of sp³-hybridized carbons (Fsp3) is 0.0714. The molecule has 3 aromatic rings. The Balaban J connectivity index is 1.87. The maximum absolute atomic E-state index is 5.69. The first-order chi connectivity index (χ1) is 9.72. The Morgan fingerprint density at radius 2 is 2.00 bits per heavy atom. The monoisotopic (exact) mass is 329 g/mol. The van der Waals surface area contributed by atoms with Gasteiger partial charge in [-0.1, -0.05) is 24.3 Å². The first-order valence-corrected chi connectivity index (χ1v) is 6.88. The number of benzene rings is 1. The molecule has 0 unspecified atom stereocenters. The Hall–Kier alpha value is -2.21. The number of pyridine rings is 1. The molecule has 0 saturated heterocycles. The van der Waals surface area contributed by atoms with Crippen LogP contribution in [0.5, 0.6) is 0 Å². The summed E-state index contributed by atoms with van der Waals surface area (Å²) in [6.45, 7) is 0.588. The molecule has 3 rings (SSSR count). The number of nitrogens with two attached hydrogens (primary N) is 1. The van der Waals surface area contributed by atoms with E-state index in [0.717, 1.165) is 16.5 Å². The van der Waals surface area contributed by atoms with Crippen LogP contribution in [0.25, 0.3) is 10.9 Å². The summed E-state index contributed by atoms with van der Waals surface area (Å²) in [6, 6.07) is 11.7. The fourth-order valence-electron chi connectivity index (χ4n) is 2.00. The summed E-state index contributed by atoms with van der Waals surface area (Å²) in [6.07, 6.45) is 1.79. The number of halogens is 1. The second-order valence-electron chi connectivity index (χ2n) is 4.28. The Bertz CT molecular complexity index is 734. The van der Waals surface area contributed by atoms with Crippen molar-refractivity contribution in [2.75, 3.05) is 11.1 Å². The SMILES string of the molecule is Nc1cc(Br)nc(NCc2cccc3cccnc23)n1. The molecule has 0 fully saturated rings. The highest BCUT2D eigenvalue weighted by molar-refractivity contribution is 9.10. The van der Waals surface area contributed by atoms with E-state index in [1.165, 1.54) is 0 Å². The van der Waals surface area contributed by atoms with Gasteiger partial charge in [-0.05, 0) is 27.6 Å². The molecule has 2 aromatic heterocycles. The highest BCUT2D eigenvalue weighted by Gasteiger charge is 2.04. The molecule has 0 aliphatic heterocycles. The zero-order valence-corrected chi connectivity index (χ0v) is 12.1. The quantitative estimate of drug-likeness (QED) is 0.722. The number of hydrogen-bond acceptors (Lipinski definition) is 5. The number of nitrogens with one attached hydrogen (secondary N) is 1. The summed E-state index contributed by atoms with van der Waals surface area (Å²) in [5.41, 5.74) is 7.75. The summed E-state index contributed by atoms with van der Waals surface area (Å²) in [7, 11) is 0. The largest absolute Gasteiger partial charge is 0.383 e. The van der Waals surface area contributed by atoms with Gasteiger partial charge in [0, 0.05) is 24.2 Å². The van der Waals surface area contributed by atoms with Gasteiger partial charge in [-0.15, -0.1) is 0 Å². The summed E-state index contributed by atoms with van der Waals surface area (Å²) in [4.78, 5) is 12.8. The number of nitrogen functional groups attached to an aromatic ring is 1. The molecule has 1 aromatic carbocycles. The zero-order valence-electron chi connectivity index (χ0n) is 10.5. The first kappa shape index (κ1) is 12.8. The van der Waals surface area contributed by atoms with Crippen molar-refractivity contribution in [2.24, 2.45) is 0 Å². The second-order valence-corrected chi connectivity index (χ2v) is 5.10. The lowest BCUT2D eigenvalue weighted by Gasteiger charge is -2.08. The molecule has 0 spiro atoms. The van der Waals surface area contributed by atoms with Crippen LogP contribution in [0, 0.1) is 0 Å². The Morgan fingerprint density at radius 1 is 1.15 bits per heavy atom. The number of fused-ring (bicyclic) bond motifs is 1. The van der Waals surface area contributed by atoms with Crippen molar-refractivity contribution in [3.63, 3.8) is 0 Å². The predicted molar refractivity (Wildman–Crippen MR) is 83.2 cm³/mol. The van der Waals surface area contributed by atoms with Crippen molar-refractivity contribution in [2.45, 2.75) is 6.54 Å². The highest BCUT2D eigenvalue weighted by Crippen LogP contribution is 2.18. The van der Waals surface area contributed by atoms with Crippen LogP contribution in [0.1, 0.15) is 5.56 Å². The smallest absolute Gasteiger partial charge is 0.225 e. The van der Waals surface area contributed by atoms with E-state index in [2.05, 4.69) is 36.2 Å². The van der Waals surface area contributed by atoms with Gasteiger partial charge in [0.1, 0.15) is 10.4 Å². The first-order valence-electron chi connectivity index (χ1n) is 6.09. The maximum Gasteiger partial charge on any atom is 0.225 e. The van der Waals surface area contributed by atoms with Crippen molar-refractivity contribution in [1.29, 1.82) is 0 Å². The average molecular weight is 330 g/mol. The van der Waals surface area contributed by atoms with E-state index in [-0.39, 0.29) is 0 Å². The fourth-order valence-corrected chi connectivity index (χ4v) is 2.40. The number of aromatic nitrogens is 3. The highest BCUT2D eigenvalue weighted by atomic mass is 79.9. The lowest BCUT2D eigenvalue weighted by Crippen LogP contribution is -2.06. The van der Waals surface area contributed by atoms with Crippen molar-refractivity contribution >= 4 is 38.6 Å². The number of nitrogens with zero attached hydrogens (tertiary/aromatic N) is 3. The lowest BCUT2D eigenvalue weighted by atomic mass is 10.1. The molecule has 100 valence electrons. The van der Waals surface area contributed by atoms with Crippen molar-refractivity contribution in [1.82, 2.24) is 15.0 Å². The van der Waals surface area contributed by atoms with E-state index in [4.69, 9.17) is 5.73 Å². The average Bonchev–Trinajstić information content (AvgIpc) is 2.44. The van der Waals surface area contributed by atoms with Gasteiger partial charge in [0.15, 0.2) is 0 Å². The molecule has 3 N–H and O–H groups in total. The lowest BCUT2D eigenvalue weighted by molar-refractivity contribution is 1.05. The second kappa shape index (κ2) is 5.42. The number of hydrogen-bond donors (Lipinski definition) is 2. The number of para-hydroxylation sites is 1. The molecule has 20 heavy (non-hydrogen) atoms. The molecule has 0 aliphatic carbocycles. The maximum atomic E-state index is 5.69. The van der Waals surface area contributed by atoms with Gasteiger partial charge in [-0.3, -0.25) is 4.98 Å². The molecule has 0 aliphatic rings. The molecule has 0 atom stereocenters. The molecule has 0 bridgehead atoms. The Labute approximate surface area is 124 Å². The van der Waals surface area contributed by atoms with Crippen LogP contribution < -0.4 is 11.1 Å². The number of rotatable bonds is 3. The molecular formula is C14H12BrN5. The third-order valence-corrected chi connectivity index (χ3v) is 3.27. The molecule has 6 heteroatoms. The topological polar surface area (TPSA) is 76.7 Å². The van der Waals surface area contributed by atoms with Gasteiger partial charge in [-0.2, -0.15) is 4.98 Å². The molecule has 0 amide bonds. The van der Waals surface area contributed by atoms with Gasteiger partial charge in [-0.25, -0.2) is 4.98 Å². The Morgan fingerprint density at radius 3 is 2.85 bits per heavy atom. The van der Waals surface area contributed by atoms with E-state index < -0.39 is 0 Å². The minimum atomic E-state index is 0.422. The standard InChI is InChI=1S/C14H12BrN5/c15-11-7-12(16)20-14(19-11)18-8-10-4-1-3-9-5-2-6-17-13(9)10/h1-7H,8H2,(H3,16,18,19,20). The summed E-state index contributed by atoms with van der Waals surface area (Å²) in [5.74, 6) is 0.912. The minimum Gasteiger partial charge on any atom is -0.383 e. The van der Waals surface area contributed by atoms with Gasteiger partial charge >= 0.3 is 0 Å². The van der Waals surface area contributed by atoms with Crippen LogP contribution in [0.4, 0.5) is 11.8 Å². The van der Waals surface area contributed by atoms with Crippen LogP contribution in [-0.4, -0.2) is 15.0 Å². The van der Waals surface area contributed by atoms with Gasteiger partial charge in [0.05, 0.1) is 5.52 Å². The predicted octanol–water partition coefficient (Wildman–Crippen LogP) is 2.98. The van der Waals surface area contributed by atoms with Gasteiger partial charge in [0.2, 0.25) is 5.95 Å². The van der Waals surface area contributed by atoms with E-state index in [1.807, 2.05) is 30.3 Å². The van der Waals surface area contributed by atoms with Gasteiger partial charge in [0.25, 0.3) is 0 Å². The van der Waals surface area contributed by atoms with Crippen molar-refractivity contribution < 1.29 is 0 Å². The molecule has 0 saturated carbocycles. The number of anilines is 2.